The molecular weight excluding hydrogens is 207 g/mol. The summed E-state index contributed by atoms with van der Waals surface area (Å²) in [5.74, 6) is -1.78. The predicted molar refractivity (Wildman–Crippen MR) is 60.0 cm³/mol. The smallest absolute Gasteiger partial charge is 0.310 e. The monoisotopic (exact) mass is 218 g/mol. The molecule has 3 heteroatoms. The van der Waals surface area contributed by atoms with Crippen LogP contribution in [-0.4, -0.2) is 11.1 Å². The summed E-state index contributed by atoms with van der Waals surface area (Å²) in [6.45, 7) is 1.63. The maximum Gasteiger partial charge on any atom is 0.310 e. The van der Waals surface area contributed by atoms with Crippen LogP contribution in [0.15, 0.2) is 36.4 Å². The summed E-state index contributed by atoms with van der Waals surface area (Å²) in [6, 6.07) is 9.67. The summed E-state index contributed by atoms with van der Waals surface area (Å²) >= 11 is 0. The largest absolute Gasteiger partial charge is 0.481 e. The van der Waals surface area contributed by atoms with Gasteiger partial charge in [-0.1, -0.05) is 24.3 Å². The first-order valence-electron chi connectivity index (χ1n) is 5.00. The van der Waals surface area contributed by atoms with Crippen molar-refractivity contribution < 1.29 is 14.3 Å². The van der Waals surface area contributed by atoms with Gasteiger partial charge >= 0.3 is 5.97 Å². The first kappa shape index (κ1) is 10.6. The van der Waals surface area contributed by atoms with Crippen molar-refractivity contribution in [1.29, 1.82) is 0 Å². The molecule has 0 amide bonds. The topological polar surface area (TPSA) is 37.3 Å². The van der Waals surface area contributed by atoms with E-state index in [1.807, 2.05) is 0 Å². The third kappa shape index (κ3) is 1.76. The van der Waals surface area contributed by atoms with Crippen LogP contribution < -0.4 is 0 Å². The normalized spacial score (nSPS) is 12.6. The van der Waals surface area contributed by atoms with Gasteiger partial charge in [0.1, 0.15) is 5.82 Å². The highest BCUT2D eigenvalue weighted by molar-refractivity contribution is 5.90. The van der Waals surface area contributed by atoms with E-state index in [0.717, 1.165) is 10.8 Å². The second-order valence-electron chi connectivity index (χ2n) is 3.77. The molecular formula is C13H11FO2. The Morgan fingerprint density at radius 3 is 2.75 bits per heavy atom. The number of carboxylic acid groups (broad SMARTS) is 1. The number of hydrogen-bond acceptors (Lipinski definition) is 1. The van der Waals surface area contributed by atoms with Crippen LogP contribution in [0.2, 0.25) is 0 Å². The van der Waals surface area contributed by atoms with Gasteiger partial charge in [0.15, 0.2) is 0 Å². The van der Waals surface area contributed by atoms with Gasteiger partial charge in [-0.05, 0) is 35.4 Å². The molecule has 2 aromatic rings. The molecule has 0 aromatic heterocycles. The maximum atomic E-state index is 13.0. The Labute approximate surface area is 92.3 Å². The SMILES string of the molecule is C[C@H](C(=O)O)c1cccc2cc(F)ccc12. The fourth-order valence-electron chi connectivity index (χ4n) is 1.79. The molecule has 0 saturated heterocycles. The van der Waals surface area contributed by atoms with E-state index in [1.165, 1.54) is 12.1 Å². The molecule has 16 heavy (non-hydrogen) atoms. The first-order valence-corrected chi connectivity index (χ1v) is 5.00. The van der Waals surface area contributed by atoms with Crippen LogP contribution in [0.25, 0.3) is 10.8 Å². The molecule has 0 aliphatic carbocycles. The second kappa shape index (κ2) is 3.93. The van der Waals surface area contributed by atoms with E-state index in [9.17, 15) is 9.18 Å². The highest BCUT2D eigenvalue weighted by Gasteiger charge is 2.15. The molecule has 0 unspecified atom stereocenters. The summed E-state index contributed by atoms with van der Waals surface area (Å²) in [5.41, 5.74) is 0.713. The number of halogens is 1. The number of benzene rings is 2. The van der Waals surface area contributed by atoms with Crippen LogP contribution in [0.3, 0.4) is 0 Å². The molecule has 2 rings (SSSR count). The summed E-state index contributed by atoms with van der Waals surface area (Å²) in [6.07, 6.45) is 0. The minimum absolute atomic E-state index is 0.312. The van der Waals surface area contributed by atoms with E-state index in [2.05, 4.69) is 0 Å². The third-order valence-corrected chi connectivity index (χ3v) is 2.71. The van der Waals surface area contributed by atoms with E-state index in [-0.39, 0.29) is 5.82 Å². The molecule has 0 radical (unpaired) electrons. The average molecular weight is 218 g/mol. The molecule has 1 atom stereocenters. The van der Waals surface area contributed by atoms with Gasteiger partial charge in [-0.2, -0.15) is 0 Å². The van der Waals surface area contributed by atoms with E-state index in [0.29, 0.717) is 5.56 Å². The highest BCUT2D eigenvalue weighted by atomic mass is 19.1. The molecule has 82 valence electrons. The zero-order valence-corrected chi connectivity index (χ0v) is 8.77. The minimum atomic E-state index is -0.878. The second-order valence-corrected chi connectivity index (χ2v) is 3.77. The molecule has 0 spiro atoms. The van der Waals surface area contributed by atoms with Crippen molar-refractivity contribution in [2.45, 2.75) is 12.8 Å². The van der Waals surface area contributed by atoms with Gasteiger partial charge in [0.25, 0.3) is 0 Å². The Morgan fingerprint density at radius 2 is 2.06 bits per heavy atom. The minimum Gasteiger partial charge on any atom is -0.481 e. The predicted octanol–water partition coefficient (Wildman–Crippen LogP) is 3.17. The van der Waals surface area contributed by atoms with Gasteiger partial charge < -0.3 is 5.11 Å². The number of aliphatic carboxylic acids is 1. The van der Waals surface area contributed by atoms with Gasteiger partial charge in [0, 0.05) is 0 Å². The van der Waals surface area contributed by atoms with E-state index in [1.54, 1.807) is 31.2 Å². The van der Waals surface area contributed by atoms with Crippen molar-refractivity contribution in [3.05, 3.63) is 47.8 Å². The number of hydrogen-bond donors (Lipinski definition) is 1. The van der Waals surface area contributed by atoms with Crippen molar-refractivity contribution in [3.8, 4) is 0 Å². The fraction of sp³-hybridized carbons (Fsp3) is 0.154. The maximum absolute atomic E-state index is 13.0. The zero-order chi connectivity index (χ0) is 11.7. The molecule has 0 aliphatic rings. The molecule has 0 aliphatic heterocycles. The number of fused-ring (bicyclic) bond motifs is 1. The Hall–Kier alpha value is -1.90. The van der Waals surface area contributed by atoms with Gasteiger partial charge in [-0.25, -0.2) is 4.39 Å². The van der Waals surface area contributed by atoms with E-state index < -0.39 is 11.9 Å². The number of carboxylic acids is 1. The van der Waals surface area contributed by atoms with Gasteiger partial charge in [0.05, 0.1) is 5.92 Å². The standard InChI is InChI=1S/C13H11FO2/c1-8(13(15)16)11-4-2-3-9-7-10(14)5-6-12(9)11/h2-8H,1H3,(H,15,16)/t8-/m0/s1. The lowest BCUT2D eigenvalue weighted by Crippen LogP contribution is -2.07. The van der Waals surface area contributed by atoms with Crippen LogP contribution in [0.1, 0.15) is 18.4 Å². The van der Waals surface area contributed by atoms with Gasteiger partial charge in [-0.15, -0.1) is 0 Å². The van der Waals surface area contributed by atoms with Crippen LogP contribution in [0.5, 0.6) is 0 Å². The lowest BCUT2D eigenvalue weighted by molar-refractivity contribution is -0.138. The van der Waals surface area contributed by atoms with Crippen LogP contribution >= 0.6 is 0 Å². The Morgan fingerprint density at radius 1 is 1.31 bits per heavy atom. The quantitative estimate of drug-likeness (QED) is 0.840. The van der Waals surface area contributed by atoms with Gasteiger partial charge in [0.2, 0.25) is 0 Å². The van der Waals surface area contributed by atoms with Crippen molar-refractivity contribution >= 4 is 16.7 Å². The third-order valence-electron chi connectivity index (χ3n) is 2.71. The van der Waals surface area contributed by atoms with Crippen LogP contribution in [0.4, 0.5) is 4.39 Å². The number of rotatable bonds is 2. The van der Waals surface area contributed by atoms with Crippen molar-refractivity contribution in [1.82, 2.24) is 0 Å². The van der Waals surface area contributed by atoms with Crippen molar-refractivity contribution in [3.63, 3.8) is 0 Å². The van der Waals surface area contributed by atoms with Gasteiger partial charge in [-0.3, -0.25) is 4.79 Å². The molecule has 0 heterocycles. The number of carbonyl (C=O) groups is 1. The molecule has 2 aromatic carbocycles. The fourth-order valence-corrected chi connectivity index (χ4v) is 1.79. The average Bonchev–Trinajstić information content (AvgIpc) is 2.26. The summed E-state index contributed by atoms with van der Waals surface area (Å²) < 4.78 is 13.0. The first-order chi connectivity index (χ1) is 7.59. The Kier molecular flexibility index (Phi) is 2.60. The van der Waals surface area contributed by atoms with Crippen LogP contribution in [0, 0.1) is 5.82 Å². The highest BCUT2D eigenvalue weighted by Crippen LogP contribution is 2.26. The molecule has 0 saturated carbocycles. The molecule has 0 fully saturated rings. The van der Waals surface area contributed by atoms with Crippen molar-refractivity contribution in [2.75, 3.05) is 0 Å². The summed E-state index contributed by atoms with van der Waals surface area (Å²) in [7, 11) is 0. The summed E-state index contributed by atoms with van der Waals surface area (Å²) in [5, 5.41) is 10.5. The molecule has 0 bridgehead atoms. The summed E-state index contributed by atoms with van der Waals surface area (Å²) in [4.78, 5) is 10.9. The van der Waals surface area contributed by atoms with Crippen LogP contribution in [-0.2, 0) is 4.79 Å². The van der Waals surface area contributed by atoms with E-state index >= 15 is 0 Å². The Balaban J connectivity index is 2.66. The lowest BCUT2D eigenvalue weighted by Gasteiger charge is -2.10. The Bertz CT molecular complexity index is 549. The van der Waals surface area contributed by atoms with E-state index in [4.69, 9.17) is 5.11 Å². The molecule has 2 nitrogen and oxygen atoms in total. The molecule has 1 N–H and O–H groups in total. The lowest BCUT2D eigenvalue weighted by atomic mass is 9.95. The van der Waals surface area contributed by atoms with Crippen molar-refractivity contribution in [2.24, 2.45) is 0 Å². The zero-order valence-electron chi connectivity index (χ0n) is 8.77.